The third-order valence-corrected chi connectivity index (χ3v) is 3.76. The van der Waals surface area contributed by atoms with Crippen molar-refractivity contribution < 1.29 is 0 Å². The fraction of sp³-hybridized carbons (Fsp3) is 0.0667. The van der Waals surface area contributed by atoms with E-state index in [9.17, 15) is 0 Å². The smallest absolute Gasteiger partial charge is 0.125 e. The molecule has 94 valence electrons. The molecule has 0 bridgehead atoms. The summed E-state index contributed by atoms with van der Waals surface area (Å²) < 4.78 is 0. The second-order valence-electron chi connectivity index (χ2n) is 4.18. The van der Waals surface area contributed by atoms with Crippen LogP contribution >= 0.6 is 11.3 Å². The quantitative estimate of drug-likeness (QED) is 0.792. The van der Waals surface area contributed by atoms with E-state index < -0.39 is 0 Å². The molecule has 0 aliphatic heterocycles. The van der Waals surface area contributed by atoms with Crippen molar-refractivity contribution >= 4 is 11.3 Å². The van der Waals surface area contributed by atoms with Crippen molar-refractivity contribution in [1.82, 2.24) is 9.97 Å². The number of thiazole rings is 1. The molecule has 0 amide bonds. The average Bonchev–Trinajstić information content (AvgIpc) is 2.98. The Morgan fingerprint density at radius 2 is 2.00 bits per heavy atom. The number of hydrogen-bond acceptors (Lipinski definition) is 4. The van der Waals surface area contributed by atoms with Crippen molar-refractivity contribution in [2.45, 2.75) is 6.54 Å². The molecule has 0 spiro atoms. The molecule has 2 heterocycles. The van der Waals surface area contributed by atoms with Gasteiger partial charge in [0.05, 0.1) is 5.69 Å². The largest absolute Gasteiger partial charge is 0.326 e. The van der Waals surface area contributed by atoms with E-state index in [0.29, 0.717) is 6.54 Å². The van der Waals surface area contributed by atoms with Gasteiger partial charge in [0, 0.05) is 35.4 Å². The van der Waals surface area contributed by atoms with Crippen molar-refractivity contribution in [3.05, 3.63) is 59.7 Å². The minimum Gasteiger partial charge on any atom is -0.326 e. The molecule has 2 N–H and O–H groups in total. The van der Waals surface area contributed by atoms with Crippen molar-refractivity contribution in [1.29, 1.82) is 0 Å². The Morgan fingerprint density at radius 1 is 1.11 bits per heavy atom. The molecule has 0 saturated heterocycles. The number of pyridine rings is 1. The normalized spacial score (nSPS) is 10.6. The van der Waals surface area contributed by atoms with E-state index in [-0.39, 0.29) is 0 Å². The minimum absolute atomic E-state index is 0.549. The van der Waals surface area contributed by atoms with Crippen LogP contribution in [0.25, 0.3) is 21.8 Å². The van der Waals surface area contributed by atoms with E-state index in [1.54, 1.807) is 17.5 Å². The number of aromatic nitrogens is 2. The fourth-order valence-corrected chi connectivity index (χ4v) is 2.71. The molecule has 3 aromatic rings. The van der Waals surface area contributed by atoms with Crippen LogP contribution in [0.3, 0.4) is 0 Å². The Bertz CT molecular complexity index is 677. The summed E-state index contributed by atoms with van der Waals surface area (Å²) in [6, 6.07) is 12.1. The number of nitrogens with zero attached hydrogens (tertiary/aromatic N) is 2. The first-order chi connectivity index (χ1) is 9.36. The zero-order valence-electron chi connectivity index (χ0n) is 10.3. The van der Waals surface area contributed by atoms with Crippen LogP contribution in [0.2, 0.25) is 0 Å². The summed E-state index contributed by atoms with van der Waals surface area (Å²) in [7, 11) is 0. The summed E-state index contributed by atoms with van der Waals surface area (Å²) in [6.45, 7) is 0.549. The number of hydrogen-bond donors (Lipinski definition) is 1. The first-order valence-corrected chi connectivity index (χ1v) is 6.90. The van der Waals surface area contributed by atoms with Crippen molar-refractivity contribution in [3.8, 4) is 21.8 Å². The summed E-state index contributed by atoms with van der Waals surface area (Å²) >= 11 is 1.63. The molecule has 1 aromatic carbocycles. The van der Waals surface area contributed by atoms with Crippen molar-refractivity contribution in [2.75, 3.05) is 0 Å². The van der Waals surface area contributed by atoms with Gasteiger partial charge in [0.25, 0.3) is 0 Å². The standard InChI is InChI=1S/C15H13N3S/c16-8-11-3-1-4-12(7-11)14-10-19-15(18-14)13-5-2-6-17-9-13/h1-7,9-10H,8,16H2. The van der Waals surface area contributed by atoms with E-state index in [0.717, 1.165) is 27.4 Å². The SMILES string of the molecule is NCc1cccc(-c2csc(-c3cccnc3)n2)c1. The van der Waals surface area contributed by atoms with Gasteiger partial charge in [0.1, 0.15) is 5.01 Å². The van der Waals surface area contributed by atoms with Gasteiger partial charge in [-0.05, 0) is 23.8 Å². The molecular weight excluding hydrogens is 254 g/mol. The van der Waals surface area contributed by atoms with Gasteiger partial charge in [-0.3, -0.25) is 4.98 Å². The molecule has 3 nitrogen and oxygen atoms in total. The molecule has 0 aliphatic carbocycles. The lowest BCUT2D eigenvalue weighted by molar-refractivity contribution is 1.07. The highest BCUT2D eigenvalue weighted by molar-refractivity contribution is 7.13. The van der Waals surface area contributed by atoms with E-state index >= 15 is 0 Å². The van der Waals surface area contributed by atoms with E-state index in [2.05, 4.69) is 27.5 Å². The van der Waals surface area contributed by atoms with Crippen LogP contribution in [-0.4, -0.2) is 9.97 Å². The lowest BCUT2D eigenvalue weighted by Gasteiger charge is -2.00. The van der Waals surface area contributed by atoms with Gasteiger partial charge >= 0.3 is 0 Å². The molecule has 0 saturated carbocycles. The topological polar surface area (TPSA) is 51.8 Å². The summed E-state index contributed by atoms with van der Waals surface area (Å²) in [5.74, 6) is 0. The van der Waals surface area contributed by atoms with Gasteiger partial charge in [-0.1, -0.05) is 18.2 Å². The van der Waals surface area contributed by atoms with Crippen LogP contribution in [0, 0.1) is 0 Å². The Kier molecular flexibility index (Phi) is 3.35. The van der Waals surface area contributed by atoms with Gasteiger partial charge < -0.3 is 5.73 Å². The third-order valence-electron chi connectivity index (χ3n) is 2.87. The fourth-order valence-electron chi connectivity index (χ4n) is 1.89. The van der Waals surface area contributed by atoms with Crippen molar-refractivity contribution in [3.63, 3.8) is 0 Å². The highest BCUT2D eigenvalue weighted by atomic mass is 32.1. The van der Waals surface area contributed by atoms with Gasteiger partial charge in [-0.25, -0.2) is 4.98 Å². The summed E-state index contributed by atoms with van der Waals surface area (Å²) in [6.07, 6.45) is 3.60. The summed E-state index contributed by atoms with van der Waals surface area (Å²) in [5, 5.41) is 3.05. The first kappa shape index (κ1) is 12.0. The number of nitrogens with two attached hydrogens (primary N) is 1. The Hall–Kier alpha value is -2.04. The summed E-state index contributed by atoms with van der Waals surface area (Å²) in [4.78, 5) is 8.78. The maximum atomic E-state index is 5.67. The molecule has 0 unspecified atom stereocenters. The predicted octanol–water partition coefficient (Wildman–Crippen LogP) is 3.33. The highest BCUT2D eigenvalue weighted by Crippen LogP contribution is 2.28. The molecular formula is C15H13N3S. The molecule has 4 heteroatoms. The Morgan fingerprint density at radius 3 is 2.79 bits per heavy atom. The Labute approximate surface area is 115 Å². The van der Waals surface area contributed by atoms with E-state index in [1.807, 2.05) is 30.5 Å². The minimum atomic E-state index is 0.549. The van der Waals surface area contributed by atoms with Crippen LogP contribution in [0.15, 0.2) is 54.2 Å². The molecule has 0 fully saturated rings. The predicted molar refractivity (Wildman–Crippen MR) is 78.7 cm³/mol. The van der Waals surface area contributed by atoms with Crippen LogP contribution < -0.4 is 5.73 Å². The lowest BCUT2D eigenvalue weighted by Crippen LogP contribution is -1.95. The zero-order valence-corrected chi connectivity index (χ0v) is 11.1. The van der Waals surface area contributed by atoms with Crippen LogP contribution in [0.1, 0.15) is 5.56 Å². The molecule has 0 atom stereocenters. The molecule has 0 radical (unpaired) electrons. The first-order valence-electron chi connectivity index (χ1n) is 6.02. The summed E-state index contributed by atoms with van der Waals surface area (Å²) in [5.41, 5.74) is 9.93. The average molecular weight is 267 g/mol. The van der Waals surface area contributed by atoms with Crippen LogP contribution in [0.5, 0.6) is 0 Å². The Balaban J connectivity index is 1.97. The van der Waals surface area contributed by atoms with E-state index in [4.69, 9.17) is 5.73 Å². The molecule has 2 aromatic heterocycles. The van der Waals surface area contributed by atoms with Crippen molar-refractivity contribution in [2.24, 2.45) is 5.73 Å². The lowest BCUT2D eigenvalue weighted by atomic mass is 10.1. The van der Waals surface area contributed by atoms with Gasteiger partial charge in [-0.15, -0.1) is 11.3 Å². The van der Waals surface area contributed by atoms with Gasteiger partial charge in [0.15, 0.2) is 0 Å². The second kappa shape index (κ2) is 5.30. The second-order valence-corrected chi connectivity index (χ2v) is 5.04. The number of rotatable bonds is 3. The number of benzene rings is 1. The molecule has 0 aliphatic rings. The maximum absolute atomic E-state index is 5.67. The van der Waals surface area contributed by atoms with E-state index in [1.165, 1.54) is 0 Å². The maximum Gasteiger partial charge on any atom is 0.125 e. The van der Waals surface area contributed by atoms with Crippen LogP contribution in [0.4, 0.5) is 0 Å². The monoisotopic (exact) mass is 267 g/mol. The van der Waals surface area contributed by atoms with Crippen LogP contribution in [-0.2, 0) is 6.54 Å². The zero-order chi connectivity index (χ0) is 13.1. The third kappa shape index (κ3) is 2.54. The highest BCUT2D eigenvalue weighted by Gasteiger charge is 2.06. The van der Waals surface area contributed by atoms with Gasteiger partial charge in [-0.2, -0.15) is 0 Å². The molecule has 3 rings (SSSR count). The molecule has 19 heavy (non-hydrogen) atoms. The van der Waals surface area contributed by atoms with Gasteiger partial charge in [0.2, 0.25) is 0 Å².